The number of nitrogens with zero attached hydrogens (tertiary/aromatic N) is 1. The van der Waals surface area contributed by atoms with Gasteiger partial charge in [-0.1, -0.05) is 13.8 Å². The number of carbonyl (C=O) groups is 2. The second-order valence-electron chi connectivity index (χ2n) is 6.52. The van der Waals surface area contributed by atoms with Crippen LogP contribution in [0.1, 0.15) is 43.6 Å². The van der Waals surface area contributed by atoms with Gasteiger partial charge >= 0.3 is 0 Å². The minimum atomic E-state index is -0.520. The highest BCUT2D eigenvalue weighted by Gasteiger charge is 2.21. The molecule has 0 bridgehead atoms. The lowest BCUT2D eigenvalue weighted by atomic mass is 10.1. The van der Waals surface area contributed by atoms with Crippen molar-refractivity contribution in [2.24, 2.45) is 5.92 Å². The minimum Gasteiger partial charge on any atom is -0.391 e. The number of hydrogen-bond donors (Lipinski definition) is 2. The molecule has 2 heterocycles. The number of amides is 2. The molecule has 5 nitrogen and oxygen atoms in total. The van der Waals surface area contributed by atoms with Gasteiger partial charge in [-0.3, -0.25) is 9.59 Å². The Hall–Kier alpha value is -1.40. The highest BCUT2D eigenvalue weighted by molar-refractivity contribution is 7.10. The summed E-state index contributed by atoms with van der Waals surface area (Å²) in [6, 6.07) is 2.07. The van der Waals surface area contributed by atoms with E-state index in [1.807, 2.05) is 18.7 Å². The molecule has 1 aromatic rings. The second kappa shape index (κ2) is 8.45. The number of carbonyl (C=O) groups excluding carboxylic acids is 2. The van der Waals surface area contributed by atoms with E-state index in [-0.39, 0.29) is 31.2 Å². The van der Waals surface area contributed by atoms with Crippen LogP contribution in [0.5, 0.6) is 0 Å². The van der Waals surface area contributed by atoms with E-state index < -0.39 is 6.10 Å². The van der Waals surface area contributed by atoms with E-state index in [1.54, 1.807) is 11.3 Å². The molecular weight excluding hydrogens is 312 g/mol. The summed E-state index contributed by atoms with van der Waals surface area (Å²) in [5.74, 6) is 0.249. The Kier molecular flexibility index (Phi) is 6.59. The first-order valence-electron chi connectivity index (χ1n) is 8.23. The van der Waals surface area contributed by atoms with Gasteiger partial charge in [-0.25, -0.2) is 0 Å². The first-order chi connectivity index (χ1) is 11.0. The molecule has 1 unspecified atom stereocenters. The van der Waals surface area contributed by atoms with Crippen molar-refractivity contribution < 1.29 is 14.7 Å². The van der Waals surface area contributed by atoms with Crippen LogP contribution in [0.4, 0.5) is 0 Å². The Labute approximate surface area is 141 Å². The van der Waals surface area contributed by atoms with Crippen LogP contribution < -0.4 is 5.32 Å². The lowest BCUT2D eigenvalue weighted by Crippen LogP contribution is -2.37. The maximum atomic E-state index is 12.2. The maximum absolute atomic E-state index is 12.2. The Morgan fingerprint density at radius 3 is 2.91 bits per heavy atom. The Balaban J connectivity index is 1.67. The topological polar surface area (TPSA) is 69.6 Å². The van der Waals surface area contributed by atoms with Crippen molar-refractivity contribution >= 4 is 23.2 Å². The van der Waals surface area contributed by atoms with Gasteiger partial charge in [-0.15, -0.1) is 11.3 Å². The molecule has 128 valence electrons. The molecule has 23 heavy (non-hydrogen) atoms. The first-order valence-corrected chi connectivity index (χ1v) is 9.11. The van der Waals surface area contributed by atoms with Crippen LogP contribution >= 0.6 is 11.3 Å². The molecule has 0 spiro atoms. The van der Waals surface area contributed by atoms with Crippen LogP contribution in [0.3, 0.4) is 0 Å². The predicted molar refractivity (Wildman–Crippen MR) is 91.1 cm³/mol. The van der Waals surface area contributed by atoms with Crippen molar-refractivity contribution in [1.29, 1.82) is 0 Å². The van der Waals surface area contributed by atoms with E-state index in [0.717, 1.165) is 13.0 Å². The van der Waals surface area contributed by atoms with Gasteiger partial charge in [0.2, 0.25) is 11.8 Å². The molecule has 2 N–H and O–H groups in total. The zero-order valence-electron chi connectivity index (χ0n) is 13.9. The SMILES string of the molecule is CC(C)CC(O)CNC(=O)CCC(=O)N1CCc2sccc2C1. The molecule has 6 heteroatoms. The van der Waals surface area contributed by atoms with Gasteiger partial charge in [0.1, 0.15) is 0 Å². The van der Waals surface area contributed by atoms with E-state index in [2.05, 4.69) is 16.8 Å². The predicted octanol–water partition coefficient (Wildman–Crippen LogP) is 1.94. The average molecular weight is 338 g/mol. The zero-order chi connectivity index (χ0) is 16.8. The summed E-state index contributed by atoms with van der Waals surface area (Å²) >= 11 is 1.74. The quantitative estimate of drug-likeness (QED) is 0.798. The molecule has 0 fully saturated rings. The molecular formula is C17H26N2O3S. The van der Waals surface area contributed by atoms with Gasteiger partial charge in [0.25, 0.3) is 0 Å². The second-order valence-corrected chi connectivity index (χ2v) is 7.52. The highest BCUT2D eigenvalue weighted by atomic mass is 32.1. The molecule has 1 aliphatic heterocycles. The Morgan fingerprint density at radius 1 is 1.39 bits per heavy atom. The lowest BCUT2D eigenvalue weighted by Gasteiger charge is -2.27. The van der Waals surface area contributed by atoms with Crippen molar-refractivity contribution in [2.45, 2.75) is 52.2 Å². The van der Waals surface area contributed by atoms with Gasteiger partial charge in [-0.05, 0) is 35.8 Å². The molecule has 0 saturated carbocycles. The normalized spacial score (nSPS) is 15.4. The van der Waals surface area contributed by atoms with Gasteiger partial charge in [0.05, 0.1) is 6.10 Å². The van der Waals surface area contributed by atoms with Gasteiger partial charge in [0, 0.05) is 37.4 Å². The number of hydrogen-bond acceptors (Lipinski definition) is 4. The van der Waals surface area contributed by atoms with Crippen molar-refractivity contribution in [3.63, 3.8) is 0 Å². The fourth-order valence-electron chi connectivity index (χ4n) is 2.79. The number of fused-ring (bicyclic) bond motifs is 1. The van der Waals surface area contributed by atoms with Crippen LogP contribution in [0, 0.1) is 5.92 Å². The van der Waals surface area contributed by atoms with Crippen molar-refractivity contribution in [2.75, 3.05) is 13.1 Å². The summed E-state index contributed by atoms with van der Waals surface area (Å²) < 4.78 is 0. The van der Waals surface area contributed by atoms with Crippen molar-refractivity contribution in [1.82, 2.24) is 10.2 Å². The summed E-state index contributed by atoms with van der Waals surface area (Å²) in [5.41, 5.74) is 1.23. The van der Waals surface area contributed by atoms with Crippen molar-refractivity contribution in [3.05, 3.63) is 21.9 Å². The Bertz CT molecular complexity index is 542. The number of thiophene rings is 1. The highest BCUT2D eigenvalue weighted by Crippen LogP contribution is 2.24. The summed E-state index contributed by atoms with van der Waals surface area (Å²) in [6.07, 6.45) is 1.46. The van der Waals surface area contributed by atoms with Crippen LogP contribution in [-0.2, 0) is 22.6 Å². The van der Waals surface area contributed by atoms with E-state index in [1.165, 1.54) is 10.4 Å². The molecule has 1 aliphatic rings. The van der Waals surface area contributed by atoms with Gasteiger partial charge in [-0.2, -0.15) is 0 Å². The fraction of sp³-hybridized carbons (Fsp3) is 0.647. The summed E-state index contributed by atoms with van der Waals surface area (Å²) in [7, 11) is 0. The van der Waals surface area contributed by atoms with Crippen molar-refractivity contribution in [3.8, 4) is 0 Å². The fourth-order valence-corrected chi connectivity index (χ4v) is 3.68. The number of rotatable bonds is 7. The monoisotopic (exact) mass is 338 g/mol. The molecule has 0 aliphatic carbocycles. The third-order valence-corrected chi connectivity index (χ3v) is 5.03. The van der Waals surface area contributed by atoms with Crippen LogP contribution in [0.15, 0.2) is 11.4 Å². The summed E-state index contributed by atoms with van der Waals surface area (Å²) in [5, 5.41) is 14.5. The van der Waals surface area contributed by atoms with Crippen LogP contribution in [0.2, 0.25) is 0 Å². The third-order valence-electron chi connectivity index (χ3n) is 4.00. The van der Waals surface area contributed by atoms with E-state index in [9.17, 15) is 14.7 Å². The van der Waals surface area contributed by atoms with E-state index in [0.29, 0.717) is 18.9 Å². The standard InChI is InChI=1S/C17H26N2O3S/c1-12(2)9-14(20)10-18-16(21)3-4-17(22)19-7-5-15-13(11-19)6-8-23-15/h6,8,12,14,20H,3-5,7,9-11H2,1-2H3,(H,18,21). The molecule has 1 aromatic heterocycles. The zero-order valence-corrected chi connectivity index (χ0v) is 14.7. The number of aliphatic hydroxyl groups excluding tert-OH is 1. The minimum absolute atomic E-state index is 0.0275. The van der Waals surface area contributed by atoms with Gasteiger partial charge < -0.3 is 15.3 Å². The largest absolute Gasteiger partial charge is 0.391 e. The number of nitrogens with one attached hydrogen (secondary N) is 1. The van der Waals surface area contributed by atoms with Gasteiger partial charge in [0.15, 0.2) is 0 Å². The molecule has 2 amide bonds. The van der Waals surface area contributed by atoms with Crippen LogP contribution in [-0.4, -0.2) is 41.0 Å². The van der Waals surface area contributed by atoms with E-state index >= 15 is 0 Å². The van der Waals surface area contributed by atoms with E-state index in [4.69, 9.17) is 0 Å². The third kappa shape index (κ3) is 5.62. The number of aliphatic hydroxyl groups is 1. The molecule has 1 atom stereocenters. The molecule has 2 rings (SSSR count). The molecule has 0 saturated heterocycles. The Morgan fingerprint density at radius 2 is 2.17 bits per heavy atom. The lowest BCUT2D eigenvalue weighted by molar-refractivity contribution is -0.134. The smallest absolute Gasteiger partial charge is 0.223 e. The maximum Gasteiger partial charge on any atom is 0.223 e. The first kappa shape index (κ1) is 17.9. The molecule has 0 aromatic carbocycles. The summed E-state index contributed by atoms with van der Waals surface area (Å²) in [4.78, 5) is 27.2. The molecule has 0 radical (unpaired) electrons. The average Bonchev–Trinajstić information content (AvgIpc) is 2.97. The van der Waals surface area contributed by atoms with Crippen LogP contribution in [0.25, 0.3) is 0 Å². The summed E-state index contributed by atoms with van der Waals surface area (Å²) in [6.45, 7) is 5.71.